The number of carbonyl (C=O) groups excluding carboxylic acids is 2. The monoisotopic (exact) mass is 344 g/mol. The van der Waals surface area contributed by atoms with E-state index in [4.69, 9.17) is 0 Å². The minimum Gasteiger partial charge on any atom is -0.380 e. The molecule has 122 valence electrons. The van der Waals surface area contributed by atoms with E-state index in [1.807, 2.05) is 5.32 Å². The number of amides is 2. The van der Waals surface area contributed by atoms with E-state index in [-0.39, 0.29) is 4.91 Å². The lowest BCUT2D eigenvalue weighted by molar-refractivity contribution is -0.549. The molecule has 1 aromatic rings. The zero-order chi connectivity index (χ0) is 17.3. The number of rotatable bonds is 3. The molecule has 0 radical (unpaired) electrons. The highest BCUT2D eigenvalue weighted by atomic mass is 32.2. The van der Waals surface area contributed by atoms with Crippen LogP contribution >= 0.6 is 11.8 Å². The first kappa shape index (κ1) is 16.2. The Labute approximate surface area is 140 Å². The lowest BCUT2D eigenvalue weighted by atomic mass is 9.81. The second-order valence-corrected chi connectivity index (χ2v) is 6.26. The van der Waals surface area contributed by atoms with Gasteiger partial charge in [-0.2, -0.15) is 0 Å². The molecule has 7 nitrogen and oxygen atoms in total. The van der Waals surface area contributed by atoms with Gasteiger partial charge in [-0.15, -0.1) is 0 Å². The van der Waals surface area contributed by atoms with Gasteiger partial charge >= 0.3 is 0 Å². The molecule has 2 N–H and O–H groups in total. The number of hydrogen-bond acceptors (Lipinski definition) is 6. The fourth-order valence-corrected chi connectivity index (χ4v) is 3.33. The molecule has 2 aliphatic rings. The average Bonchev–Trinajstić information content (AvgIpc) is 2.87. The van der Waals surface area contributed by atoms with Crippen molar-refractivity contribution < 1.29 is 19.6 Å². The summed E-state index contributed by atoms with van der Waals surface area (Å²) in [5.41, 5.74) is -1.02. The predicted molar refractivity (Wildman–Crippen MR) is 88.5 cm³/mol. The van der Waals surface area contributed by atoms with Crippen LogP contribution in [0.25, 0.3) is 5.57 Å². The SMILES string of the molecule is O=C1NC(=O)C(=CC2([N+](=O)[O-])C=CC=C(c3ccccc3)C2O)S1. The van der Waals surface area contributed by atoms with Crippen molar-refractivity contribution in [3.63, 3.8) is 0 Å². The maximum Gasteiger partial charge on any atom is 0.290 e. The second kappa shape index (κ2) is 6.06. The first-order valence-electron chi connectivity index (χ1n) is 6.97. The fourth-order valence-electron chi connectivity index (χ4n) is 2.59. The standard InChI is InChI=1S/C16H12N2O5S/c19-13-11(10-5-2-1-3-6-10)7-4-8-16(13,18(22)23)9-12-14(20)17-15(21)24-12/h1-9,13,19H,(H,17,20,21). The van der Waals surface area contributed by atoms with Crippen LogP contribution in [0.15, 0.2) is 59.5 Å². The summed E-state index contributed by atoms with van der Waals surface area (Å²) < 4.78 is 0. The van der Waals surface area contributed by atoms with Crippen LogP contribution in [0.5, 0.6) is 0 Å². The molecule has 3 rings (SSSR count). The van der Waals surface area contributed by atoms with E-state index in [0.29, 0.717) is 22.9 Å². The zero-order valence-corrected chi connectivity index (χ0v) is 13.0. The maximum absolute atomic E-state index is 11.7. The minimum atomic E-state index is -2.02. The highest BCUT2D eigenvalue weighted by Crippen LogP contribution is 2.37. The Kier molecular flexibility index (Phi) is 4.08. The van der Waals surface area contributed by atoms with Gasteiger partial charge in [-0.3, -0.25) is 25.0 Å². The summed E-state index contributed by atoms with van der Waals surface area (Å²) >= 11 is 0.575. The van der Waals surface area contributed by atoms with E-state index >= 15 is 0 Å². The Morgan fingerprint density at radius 3 is 2.58 bits per heavy atom. The summed E-state index contributed by atoms with van der Waals surface area (Å²) in [4.78, 5) is 34.0. The van der Waals surface area contributed by atoms with E-state index in [1.165, 1.54) is 12.2 Å². The van der Waals surface area contributed by atoms with Crippen molar-refractivity contribution in [3.05, 3.63) is 75.2 Å². The fraction of sp³-hybridized carbons (Fsp3) is 0.125. The number of imide groups is 1. The Bertz CT molecular complexity index is 815. The molecule has 2 unspecified atom stereocenters. The Hall–Kier alpha value is -2.71. The first-order valence-corrected chi connectivity index (χ1v) is 7.79. The molecule has 24 heavy (non-hydrogen) atoms. The molecule has 1 aromatic carbocycles. The first-order chi connectivity index (χ1) is 11.4. The van der Waals surface area contributed by atoms with Crippen LogP contribution in [0, 0.1) is 10.1 Å². The number of thioether (sulfide) groups is 1. The molecule has 1 heterocycles. The summed E-state index contributed by atoms with van der Waals surface area (Å²) in [6, 6.07) is 8.76. The van der Waals surface area contributed by atoms with Crippen molar-refractivity contribution in [1.29, 1.82) is 0 Å². The van der Waals surface area contributed by atoms with Gasteiger partial charge in [0.15, 0.2) is 6.10 Å². The number of allylic oxidation sites excluding steroid dienone is 2. The molecule has 1 fully saturated rings. The van der Waals surface area contributed by atoms with Crippen LogP contribution in [0.4, 0.5) is 4.79 Å². The molecule has 0 spiro atoms. The van der Waals surface area contributed by atoms with Gasteiger partial charge in [0.25, 0.3) is 16.7 Å². The van der Waals surface area contributed by atoms with Crippen LogP contribution in [0.1, 0.15) is 5.56 Å². The summed E-state index contributed by atoms with van der Waals surface area (Å²) in [5, 5.41) is 23.9. The van der Waals surface area contributed by atoms with Gasteiger partial charge in [-0.1, -0.05) is 42.5 Å². The van der Waals surface area contributed by atoms with Crippen LogP contribution in [-0.4, -0.2) is 32.8 Å². The Morgan fingerprint density at radius 1 is 1.29 bits per heavy atom. The summed E-state index contributed by atoms with van der Waals surface area (Å²) in [6.07, 6.45) is 3.81. The van der Waals surface area contributed by atoms with Gasteiger partial charge < -0.3 is 5.11 Å². The lowest BCUT2D eigenvalue weighted by Gasteiger charge is -2.29. The summed E-state index contributed by atoms with van der Waals surface area (Å²) in [7, 11) is 0. The van der Waals surface area contributed by atoms with Crippen molar-refractivity contribution >= 4 is 28.5 Å². The third-order valence-corrected chi connectivity index (χ3v) is 4.61. The van der Waals surface area contributed by atoms with E-state index in [1.54, 1.807) is 36.4 Å². The Morgan fingerprint density at radius 2 is 2.00 bits per heavy atom. The number of aliphatic hydroxyl groups excluding tert-OH is 1. The number of benzene rings is 1. The molecular weight excluding hydrogens is 332 g/mol. The van der Waals surface area contributed by atoms with Crippen molar-refractivity contribution in [3.8, 4) is 0 Å². The molecule has 0 aromatic heterocycles. The Balaban J connectivity index is 2.06. The molecule has 1 aliphatic heterocycles. The van der Waals surface area contributed by atoms with Crippen molar-refractivity contribution in [2.45, 2.75) is 11.6 Å². The van der Waals surface area contributed by atoms with Gasteiger partial charge in [0, 0.05) is 11.0 Å². The van der Waals surface area contributed by atoms with E-state index in [2.05, 4.69) is 0 Å². The molecule has 2 amide bonds. The van der Waals surface area contributed by atoms with Crippen LogP contribution in [0.2, 0.25) is 0 Å². The van der Waals surface area contributed by atoms with E-state index in [0.717, 1.165) is 6.08 Å². The van der Waals surface area contributed by atoms with Crippen LogP contribution in [-0.2, 0) is 4.79 Å². The third kappa shape index (κ3) is 2.66. The quantitative estimate of drug-likeness (QED) is 0.492. The van der Waals surface area contributed by atoms with Gasteiger partial charge in [-0.05, 0) is 29.0 Å². The highest BCUT2D eigenvalue weighted by molar-refractivity contribution is 8.18. The van der Waals surface area contributed by atoms with Crippen LogP contribution in [0.3, 0.4) is 0 Å². The van der Waals surface area contributed by atoms with Crippen LogP contribution < -0.4 is 5.32 Å². The van der Waals surface area contributed by atoms with Gasteiger partial charge in [-0.25, -0.2) is 0 Å². The van der Waals surface area contributed by atoms with Gasteiger partial charge in [0.2, 0.25) is 0 Å². The van der Waals surface area contributed by atoms with Gasteiger partial charge in [0.05, 0.1) is 4.91 Å². The van der Waals surface area contributed by atoms with Crippen molar-refractivity contribution in [2.24, 2.45) is 0 Å². The number of hydrogen-bond donors (Lipinski definition) is 2. The van der Waals surface area contributed by atoms with Gasteiger partial charge in [0.1, 0.15) is 0 Å². The largest absolute Gasteiger partial charge is 0.380 e. The number of carbonyl (C=O) groups is 2. The zero-order valence-electron chi connectivity index (χ0n) is 12.2. The predicted octanol–water partition coefficient (Wildman–Crippen LogP) is 1.88. The lowest BCUT2D eigenvalue weighted by Crippen LogP contribution is -2.48. The topological polar surface area (TPSA) is 110 Å². The molecule has 1 saturated heterocycles. The van der Waals surface area contributed by atoms with Crippen molar-refractivity contribution in [2.75, 3.05) is 0 Å². The number of nitrogens with zero attached hydrogens (tertiary/aromatic N) is 1. The molecule has 0 saturated carbocycles. The summed E-state index contributed by atoms with van der Waals surface area (Å²) in [6.45, 7) is 0. The number of nitro groups is 1. The summed E-state index contributed by atoms with van der Waals surface area (Å²) in [5.74, 6) is -0.706. The highest BCUT2D eigenvalue weighted by Gasteiger charge is 2.50. The molecule has 2 atom stereocenters. The normalized spacial score (nSPS) is 28.0. The van der Waals surface area contributed by atoms with Crippen molar-refractivity contribution in [1.82, 2.24) is 5.32 Å². The smallest absolute Gasteiger partial charge is 0.290 e. The van der Waals surface area contributed by atoms with E-state index in [9.17, 15) is 24.8 Å². The number of aliphatic hydroxyl groups is 1. The minimum absolute atomic E-state index is 0.102. The molecule has 0 bridgehead atoms. The third-order valence-electron chi connectivity index (χ3n) is 3.80. The molecule has 8 heteroatoms. The molecule has 1 aliphatic carbocycles. The maximum atomic E-state index is 11.7. The average molecular weight is 344 g/mol. The van der Waals surface area contributed by atoms with E-state index < -0.39 is 27.7 Å². The number of nitrogens with one attached hydrogen (secondary N) is 1. The second-order valence-electron chi connectivity index (χ2n) is 5.25. The molecular formula is C16H12N2O5S.